The number of hydrogen-bond donors (Lipinski definition) is 0. The van der Waals surface area contributed by atoms with E-state index in [4.69, 9.17) is 13.1 Å². The van der Waals surface area contributed by atoms with Crippen molar-refractivity contribution in [3.05, 3.63) is 70.5 Å². The van der Waals surface area contributed by atoms with Crippen LogP contribution in [0, 0.1) is 25.2 Å². The molecule has 0 aromatic carbocycles. The maximum atomic E-state index is 11.9. The molecule has 0 saturated carbocycles. The van der Waals surface area contributed by atoms with Crippen LogP contribution in [0.3, 0.4) is 0 Å². The van der Waals surface area contributed by atoms with Gasteiger partial charge in [-0.15, -0.1) is 0 Å². The van der Waals surface area contributed by atoms with Gasteiger partial charge in [-0.2, -0.15) is 22.4 Å². The predicted octanol–water partition coefficient (Wildman–Crippen LogP) is 6.53. The molecule has 12 heteroatoms. The Morgan fingerprint density at radius 3 is 2.22 bits per heavy atom. The summed E-state index contributed by atoms with van der Waals surface area (Å²) >= 11 is 0.874. The zero-order chi connectivity index (χ0) is 28.0. The van der Waals surface area contributed by atoms with Gasteiger partial charge in [-0.1, -0.05) is 18.2 Å². The van der Waals surface area contributed by atoms with Crippen molar-refractivity contribution in [1.82, 2.24) is 4.98 Å². The van der Waals surface area contributed by atoms with E-state index < -0.39 is 21.6 Å². The molecule has 0 saturated heterocycles. The molecule has 1 heterocycles. The third-order valence-electron chi connectivity index (χ3n) is 4.17. The molecule has 1 aliphatic carbocycles. The van der Waals surface area contributed by atoms with E-state index in [1.165, 1.54) is 25.2 Å². The fourth-order valence-corrected chi connectivity index (χ4v) is 2.27. The molecule has 1 aromatic heterocycles. The summed E-state index contributed by atoms with van der Waals surface area (Å²) in [5, 5.41) is 0. The Kier molecular flexibility index (Phi) is 13.8. The van der Waals surface area contributed by atoms with Crippen molar-refractivity contribution in [3.8, 4) is 17.9 Å². The summed E-state index contributed by atoms with van der Waals surface area (Å²) in [6, 6.07) is 4.47. The largest absolute Gasteiger partial charge is 0.417 e. The Morgan fingerprint density at radius 1 is 1.14 bits per heavy atom. The Bertz CT molecular complexity index is 1090. The lowest BCUT2D eigenvalue weighted by Crippen LogP contribution is -2.20. The smallest absolute Gasteiger partial charge is 0.388 e. The highest BCUT2D eigenvalue weighted by Gasteiger charge is 2.30. The van der Waals surface area contributed by atoms with E-state index in [1.807, 2.05) is 19.9 Å². The molecule has 194 valence electrons. The fourth-order valence-electron chi connectivity index (χ4n) is 2.16. The van der Waals surface area contributed by atoms with Crippen LogP contribution in [0.15, 0.2) is 42.0 Å². The van der Waals surface area contributed by atoms with Crippen LogP contribution >= 0.6 is 22.6 Å². The van der Waals surface area contributed by atoms with Crippen molar-refractivity contribution >= 4 is 28.4 Å². The molecule has 0 atom stereocenters. The first kappa shape index (κ1) is 32.8. The van der Waals surface area contributed by atoms with Gasteiger partial charge in [0.15, 0.2) is 11.9 Å². The van der Waals surface area contributed by atoms with Crippen molar-refractivity contribution < 1.29 is 36.9 Å². The van der Waals surface area contributed by atoms with Gasteiger partial charge in [0.05, 0.1) is 7.11 Å². The summed E-state index contributed by atoms with van der Waals surface area (Å²) in [4.78, 5) is 29.5. The Labute approximate surface area is 221 Å². The van der Waals surface area contributed by atoms with Gasteiger partial charge in [0.25, 0.3) is 5.54 Å². The summed E-state index contributed by atoms with van der Waals surface area (Å²) in [5.74, 6) is 1.40. The van der Waals surface area contributed by atoms with Crippen LogP contribution < -0.4 is 4.74 Å². The van der Waals surface area contributed by atoms with Gasteiger partial charge in [0.2, 0.25) is 11.4 Å². The number of pyridine rings is 1. The molecule has 0 spiro atoms. The molecule has 0 N–H and O–H groups in total. The lowest BCUT2D eigenvalue weighted by Gasteiger charge is -2.15. The van der Waals surface area contributed by atoms with Gasteiger partial charge in [-0.05, 0) is 12.1 Å². The minimum absolute atomic E-state index is 0.0872. The van der Waals surface area contributed by atoms with E-state index in [1.54, 1.807) is 38.2 Å². The monoisotopic (exact) mass is 621 g/mol. The third kappa shape index (κ3) is 13.7. The number of alkyl halides is 5. The SMILES string of the molecule is COOC#CC(F)(F)I.[C-]#[N+]C(C)(C)C1=CC=CC(=O)C1.[C-]#[N+]C(C)(C)c1cccc(OC(F)F)n1. The van der Waals surface area contributed by atoms with Gasteiger partial charge in [0.1, 0.15) is 5.69 Å². The quantitative estimate of drug-likeness (QED) is 0.0712. The van der Waals surface area contributed by atoms with Crippen molar-refractivity contribution in [2.24, 2.45) is 0 Å². The lowest BCUT2D eigenvalue weighted by atomic mass is 9.88. The maximum absolute atomic E-state index is 11.9. The standard InChI is InChI=1S/C10H10F2N2O.C10H11NO.C4H3F2IO2/c1-10(2,13-3)7-5-4-6-8(14-7)15-9(11)12;1-10(2,11-3)8-5-4-6-9(12)7-8;1-8-9-3-2-4(5,6)7/h4-6,9H,1-2H3;4-6H,7H2,1-2H3;1H3. The third-order valence-corrected chi connectivity index (χ3v) is 4.44. The number of aromatic nitrogens is 1. The van der Waals surface area contributed by atoms with Gasteiger partial charge < -0.3 is 14.4 Å². The Balaban J connectivity index is 0.000000529. The van der Waals surface area contributed by atoms with E-state index in [0.29, 0.717) is 12.1 Å². The fraction of sp³-hybridized carbons (Fsp3) is 0.417. The van der Waals surface area contributed by atoms with Crippen LogP contribution in [0.1, 0.15) is 39.8 Å². The molecular weight excluding hydrogens is 597 g/mol. The van der Waals surface area contributed by atoms with Gasteiger partial charge >= 0.3 is 10.5 Å². The second-order valence-electron chi connectivity index (χ2n) is 7.75. The number of hydrogen-bond acceptors (Lipinski definition) is 5. The first-order valence-electron chi connectivity index (χ1n) is 9.96. The Morgan fingerprint density at radius 2 is 1.75 bits per heavy atom. The number of halogens is 5. The molecule has 2 rings (SSSR count). The lowest BCUT2D eigenvalue weighted by molar-refractivity contribution is -0.209. The predicted molar refractivity (Wildman–Crippen MR) is 133 cm³/mol. The number of ketones is 1. The number of allylic oxidation sites excluding steroid dienone is 3. The van der Waals surface area contributed by atoms with Gasteiger partial charge in [0, 0.05) is 74.3 Å². The van der Waals surface area contributed by atoms with E-state index >= 15 is 0 Å². The highest BCUT2D eigenvalue weighted by molar-refractivity contribution is 14.1. The van der Waals surface area contributed by atoms with Crippen LogP contribution in [0.25, 0.3) is 9.69 Å². The normalized spacial score (nSPS) is 12.8. The first-order chi connectivity index (χ1) is 16.6. The van der Waals surface area contributed by atoms with Crippen LogP contribution in [-0.2, 0) is 20.1 Å². The highest BCUT2D eigenvalue weighted by atomic mass is 127. The van der Waals surface area contributed by atoms with Crippen molar-refractivity contribution in [2.45, 2.75) is 55.7 Å². The van der Waals surface area contributed by atoms with E-state index in [-0.39, 0.29) is 11.7 Å². The first-order valence-corrected chi connectivity index (χ1v) is 11.0. The molecule has 7 nitrogen and oxygen atoms in total. The molecule has 0 radical (unpaired) electrons. The van der Waals surface area contributed by atoms with Crippen LogP contribution in [0.5, 0.6) is 5.88 Å². The average molecular weight is 621 g/mol. The molecule has 0 amide bonds. The van der Waals surface area contributed by atoms with Crippen LogP contribution in [0.4, 0.5) is 17.6 Å². The minimum atomic E-state index is -3.05. The van der Waals surface area contributed by atoms with Gasteiger partial charge in [-0.25, -0.2) is 18.1 Å². The molecule has 0 bridgehead atoms. The second kappa shape index (κ2) is 15.1. The summed E-state index contributed by atoms with van der Waals surface area (Å²) in [6.07, 6.45) is 7.16. The van der Waals surface area contributed by atoms with E-state index in [9.17, 15) is 22.4 Å². The summed E-state index contributed by atoms with van der Waals surface area (Å²) in [7, 11) is 1.18. The number of rotatable bonds is 5. The molecule has 36 heavy (non-hydrogen) atoms. The highest BCUT2D eigenvalue weighted by Crippen LogP contribution is 2.26. The number of carbonyl (C=O) groups excluding carboxylic acids is 1. The van der Waals surface area contributed by atoms with Gasteiger partial charge in [-0.3, -0.25) is 9.68 Å². The average Bonchev–Trinajstić information content (AvgIpc) is 2.79. The molecule has 0 unspecified atom stereocenters. The minimum Gasteiger partial charge on any atom is -0.417 e. The zero-order valence-electron chi connectivity index (χ0n) is 20.1. The topological polar surface area (TPSA) is 66.4 Å². The van der Waals surface area contributed by atoms with Crippen molar-refractivity contribution in [1.29, 1.82) is 0 Å². The molecular formula is C24H24F4IN3O4. The number of carbonyl (C=O) groups is 1. The van der Waals surface area contributed by atoms with Crippen LogP contribution in [-0.4, -0.2) is 34.0 Å². The molecule has 0 fully saturated rings. The molecule has 0 aliphatic heterocycles. The Hall–Kier alpha value is -3.15. The maximum Gasteiger partial charge on any atom is 0.388 e. The molecule has 1 aliphatic rings. The van der Waals surface area contributed by atoms with Crippen LogP contribution in [0.2, 0.25) is 0 Å². The number of nitrogens with zero attached hydrogens (tertiary/aromatic N) is 3. The second-order valence-corrected chi connectivity index (χ2v) is 9.10. The van der Waals surface area contributed by atoms with E-state index in [0.717, 1.165) is 28.2 Å². The van der Waals surface area contributed by atoms with Crippen molar-refractivity contribution in [3.63, 3.8) is 0 Å². The summed E-state index contributed by atoms with van der Waals surface area (Å²) < 4.78 is 48.4. The summed E-state index contributed by atoms with van der Waals surface area (Å²) in [6.45, 7) is 18.0. The zero-order valence-corrected chi connectivity index (χ0v) is 22.3. The van der Waals surface area contributed by atoms with E-state index in [2.05, 4.69) is 29.2 Å². The molecule has 1 aromatic rings. The number of ether oxygens (including phenoxy) is 1. The summed E-state index contributed by atoms with van der Waals surface area (Å²) in [5.41, 5.74) is -0.0392. The van der Waals surface area contributed by atoms with Crippen molar-refractivity contribution in [2.75, 3.05) is 7.11 Å².